The molecule has 2 aliphatic carbocycles. The molecule has 3 aliphatic rings. The molecule has 2 heterocycles. The maximum Gasteiger partial charge on any atom is 0.418 e. The normalized spacial score (nSPS) is 19.9. The number of Topliss-reactive ketones (excluding diaryl/α,β-unsaturated/α-hetero) is 1. The Morgan fingerprint density at radius 3 is 2.47 bits per heavy atom. The number of carboxylic acid groups (broad SMARTS) is 1. The van der Waals surface area contributed by atoms with Crippen molar-refractivity contribution in [2.75, 3.05) is 33.9 Å². The standard InChI is InChI=1S/C43H45ClF3N3O5/c1-54-39-20-27(10-11-28(39)22-48-21-25-9-13-31(51)17-25)33-6-4-8-36(40(33)44)34-7-3-5-32-26(12-14-35(32)34)19-38-37(43(45,46)47)18-30(41(49-38)55-2)24-50-16-15-29(23-50)42(52)53/h3-8,10-11,18,20,25-26,29,48H,9,12-17,19,21-24H2,1-2H3,(H,52,53)/t25-,26-,29-/m1/s1. The van der Waals surface area contributed by atoms with E-state index in [2.05, 4.69) is 10.3 Å². The summed E-state index contributed by atoms with van der Waals surface area (Å²) in [5.41, 5.74) is 6.01. The molecule has 1 aliphatic heterocycles. The lowest BCUT2D eigenvalue weighted by molar-refractivity contribution is -0.141. The summed E-state index contributed by atoms with van der Waals surface area (Å²) >= 11 is 7.19. The number of methoxy groups -OCH3 is 2. The van der Waals surface area contributed by atoms with Crippen LogP contribution in [0, 0.1) is 11.8 Å². The highest BCUT2D eigenvalue weighted by Crippen LogP contribution is 2.46. The Kier molecular flexibility index (Phi) is 11.5. The van der Waals surface area contributed by atoms with E-state index >= 15 is 0 Å². The SMILES string of the molecule is COc1cc(-c2cccc(-c3cccc4c3CC[C@@H]4Cc3nc(OC)c(CN4CC[C@@H](C(=O)O)C4)cc3C(F)(F)F)c2Cl)ccc1CNC[C@@H]1CCC(=O)C1. The number of aliphatic carboxylic acids is 1. The van der Waals surface area contributed by atoms with Gasteiger partial charge in [0, 0.05) is 54.7 Å². The molecule has 0 radical (unpaired) electrons. The smallest absolute Gasteiger partial charge is 0.418 e. The number of benzene rings is 3. The summed E-state index contributed by atoms with van der Waals surface area (Å²) < 4.78 is 55.1. The molecule has 0 bridgehead atoms. The number of hydrogen-bond acceptors (Lipinski definition) is 7. The summed E-state index contributed by atoms with van der Waals surface area (Å²) in [4.78, 5) is 29.4. The molecule has 7 rings (SSSR count). The summed E-state index contributed by atoms with van der Waals surface area (Å²) in [5.74, 6) is -0.0796. The van der Waals surface area contributed by atoms with E-state index in [9.17, 15) is 27.9 Å². The second kappa shape index (κ2) is 16.3. The maximum absolute atomic E-state index is 14.6. The summed E-state index contributed by atoms with van der Waals surface area (Å²) in [6, 6.07) is 19.0. The fraction of sp³-hybridized carbons (Fsp3) is 0.419. The first-order chi connectivity index (χ1) is 26.4. The van der Waals surface area contributed by atoms with Crippen molar-refractivity contribution in [1.29, 1.82) is 0 Å². The van der Waals surface area contributed by atoms with Gasteiger partial charge in [0.05, 0.1) is 36.4 Å². The van der Waals surface area contributed by atoms with Crippen molar-refractivity contribution in [1.82, 2.24) is 15.2 Å². The van der Waals surface area contributed by atoms with E-state index in [1.807, 2.05) is 59.5 Å². The van der Waals surface area contributed by atoms with E-state index in [1.54, 1.807) is 7.11 Å². The van der Waals surface area contributed by atoms with E-state index in [0.29, 0.717) is 61.9 Å². The van der Waals surface area contributed by atoms with Gasteiger partial charge in [0.15, 0.2) is 0 Å². The molecule has 1 saturated heterocycles. The van der Waals surface area contributed by atoms with Gasteiger partial charge in [-0.1, -0.05) is 60.1 Å². The molecule has 0 amide bonds. The van der Waals surface area contributed by atoms with Gasteiger partial charge in [-0.05, 0) is 91.4 Å². The number of nitrogens with zero attached hydrogens (tertiary/aromatic N) is 2. The predicted octanol–water partition coefficient (Wildman–Crippen LogP) is 8.74. The van der Waals surface area contributed by atoms with E-state index in [-0.39, 0.29) is 42.6 Å². The van der Waals surface area contributed by atoms with Crippen LogP contribution < -0.4 is 14.8 Å². The van der Waals surface area contributed by atoms with Gasteiger partial charge in [-0.3, -0.25) is 14.5 Å². The van der Waals surface area contributed by atoms with Crippen molar-refractivity contribution in [2.45, 2.75) is 70.1 Å². The minimum atomic E-state index is -4.64. The van der Waals surface area contributed by atoms with Gasteiger partial charge in [0.25, 0.3) is 0 Å². The molecule has 3 aromatic carbocycles. The molecule has 1 saturated carbocycles. The number of hydrogen-bond donors (Lipinski definition) is 2. The summed E-state index contributed by atoms with van der Waals surface area (Å²) in [5, 5.41) is 13.4. The minimum absolute atomic E-state index is 0.0672. The number of ether oxygens (including phenoxy) is 2. The quantitative estimate of drug-likeness (QED) is 0.139. The number of carbonyl (C=O) groups is 2. The molecular weight excluding hydrogens is 731 g/mol. The van der Waals surface area contributed by atoms with Crippen LogP contribution in [0.4, 0.5) is 13.2 Å². The van der Waals surface area contributed by atoms with Gasteiger partial charge >= 0.3 is 12.1 Å². The highest BCUT2D eigenvalue weighted by Gasteiger charge is 2.38. The average Bonchev–Trinajstić information content (AvgIpc) is 3.92. The second-order valence-corrected chi connectivity index (χ2v) is 15.4. The zero-order valence-corrected chi connectivity index (χ0v) is 31.7. The first-order valence-electron chi connectivity index (χ1n) is 18.8. The third-order valence-electron chi connectivity index (χ3n) is 11.5. The minimum Gasteiger partial charge on any atom is -0.496 e. The average molecular weight is 776 g/mol. The van der Waals surface area contributed by atoms with Gasteiger partial charge in [-0.2, -0.15) is 13.2 Å². The molecule has 0 spiro atoms. The molecule has 55 heavy (non-hydrogen) atoms. The third kappa shape index (κ3) is 8.39. The van der Waals surface area contributed by atoms with Crippen LogP contribution in [-0.2, 0) is 41.7 Å². The number of pyridine rings is 1. The first-order valence-corrected chi connectivity index (χ1v) is 19.2. The molecule has 2 N–H and O–H groups in total. The van der Waals surface area contributed by atoms with Crippen molar-refractivity contribution in [3.8, 4) is 33.9 Å². The van der Waals surface area contributed by atoms with E-state index in [4.69, 9.17) is 21.1 Å². The predicted molar refractivity (Wildman–Crippen MR) is 205 cm³/mol. The van der Waals surface area contributed by atoms with Crippen molar-refractivity contribution in [3.63, 3.8) is 0 Å². The van der Waals surface area contributed by atoms with Crippen molar-refractivity contribution in [2.24, 2.45) is 11.8 Å². The molecule has 2 fully saturated rings. The van der Waals surface area contributed by atoms with Gasteiger partial charge in [-0.15, -0.1) is 0 Å². The number of likely N-dealkylation sites (tertiary alicyclic amines) is 1. The second-order valence-electron chi connectivity index (χ2n) is 15.0. The number of carboxylic acids is 1. The molecule has 4 aromatic rings. The monoisotopic (exact) mass is 775 g/mol. The van der Waals surface area contributed by atoms with E-state index in [1.165, 1.54) is 7.11 Å². The Balaban J connectivity index is 1.12. The number of halogens is 4. The topological polar surface area (TPSA) is 101 Å². The van der Waals surface area contributed by atoms with E-state index in [0.717, 1.165) is 63.7 Å². The van der Waals surface area contributed by atoms with Crippen LogP contribution in [0.3, 0.4) is 0 Å². The van der Waals surface area contributed by atoms with Gasteiger partial charge in [-0.25, -0.2) is 4.98 Å². The van der Waals surface area contributed by atoms with Crippen LogP contribution in [0.2, 0.25) is 5.02 Å². The van der Waals surface area contributed by atoms with Crippen molar-refractivity contribution in [3.05, 3.63) is 99.2 Å². The van der Waals surface area contributed by atoms with Gasteiger partial charge in [0.2, 0.25) is 5.88 Å². The zero-order chi connectivity index (χ0) is 38.9. The summed E-state index contributed by atoms with van der Waals surface area (Å²) in [6.07, 6.45) is -0.536. The number of rotatable bonds is 13. The van der Waals surface area contributed by atoms with Crippen LogP contribution in [0.25, 0.3) is 22.3 Å². The number of nitrogens with one attached hydrogen (secondary N) is 1. The molecule has 3 atom stereocenters. The van der Waals surface area contributed by atoms with Crippen molar-refractivity contribution >= 4 is 23.4 Å². The fourth-order valence-corrected chi connectivity index (χ4v) is 8.96. The number of carbonyl (C=O) groups excluding carboxylic acids is 1. The molecule has 0 unspecified atom stereocenters. The Morgan fingerprint density at radius 1 is 0.982 bits per heavy atom. The maximum atomic E-state index is 14.6. The number of aromatic nitrogens is 1. The Hall–Kier alpha value is -4.45. The third-order valence-corrected chi connectivity index (χ3v) is 11.9. The zero-order valence-electron chi connectivity index (χ0n) is 31.0. The fourth-order valence-electron chi connectivity index (χ4n) is 8.62. The lowest BCUT2D eigenvalue weighted by atomic mass is 9.90. The largest absolute Gasteiger partial charge is 0.496 e. The molecule has 290 valence electrons. The molecule has 12 heteroatoms. The Bertz CT molecular complexity index is 2090. The Morgan fingerprint density at radius 2 is 1.76 bits per heavy atom. The van der Waals surface area contributed by atoms with Crippen LogP contribution in [0.15, 0.2) is 60.7 Å². The van der Waals surface area contributed by atoms with Crippen molar-refractivity contribution < 1.29 is 37.3 Å². The lowest BCUT2D eigenvalue weighted by Crippen LogP contribution is -2.24. The van der Waals surface area contributed by atoms with Crippen LogP contribution in [0.5, 0.6) is 11.6 Å². The van der Waals surface area contributed by atoms with Gasteiger partial charge < -0.3 is 19.9 Å². The summed E-state index contributed by atoms with van der Waals surface area (Å²) in [7, 11) is 3.04. The highest BCUT2D eigenvalue weighted by atomic mass is 35.5. The van der Waals surface area contributed by atoms with Crippen LogP contribution in [-0.4, -0.2) is 60.6 Å². The number of fused-ring (bicyclic) bond motifs is 1. The first kappa shape index (κ1) is 38.8. The molecular formula is C43H45ClF3N3O5. The summed E-state index contributed by atoms with van der Waals surface area (Å²) in [6.45, 7) is 2.26. The molecule has 8 nitrogen and oxygen atoms in total. The van der Waals surface area contributed by atoms with Gasteiger partial charge in [0.1, 0.15) is 11.5 Å². The highest BCUT2D eigenvalue weighted by molar-refractivity contribution is 6.36. The molecule has 1 aromatic heterocycles. The lowest BCUT2D eigenvalue weighted by Gasteiger charge is -2.22. The van der Waals surface area contributed by atoms with Crippen LogP contribution in [0.1, 0.15) is 71.5 Å². The number of ketones is 1. The Labute approximate surface area is 324 Å². The number of alkyl halides is 3. The van der Waals surface area contributed by atoms with Crippen LogP contribution >= 0.6 is 11.6 Å². The van der Waals surface area contributed by atoms with E-state index < -0.39 is 23.6 Å².